The number of para-hydroxylation sites is 1. The van der Waals surface area contributed by atoms with Crippen LogP contribution >= 0.6 is 0 Å². The monoisotopic (exact) mass is 283 g/mol. The molecule has 0 radical (unpaired) electrons. The second-order valence-electron chi connectivity index (χ2n) is 4.87. The first kappa shape index (κ1) is 14.3. The first-order chi connectivity index (χ1) is 9.10. The molecule has 0 atom stereocenters. The van der Waals surface area contributed by atoms with Gasteiger partial charge in [0, 0.05) is 12.6 Å². The van der Waals surface area contributed by atoms with Crippen molar-refractivity contribution in [2.24, 2.45) is 0 Å². The Bertz CT molecular complexity index is 523. The molecule has 0 heterocycles. The van der Waals surface area contributed by atoms with Crippen LogP contribution in [-0.2, 0) is 9.84 Å². The number of aliphatic hydroxyl groups is 1. The van der Waals surface area contributed by atoms with Crippen molar-refractivity contribution in [3.63, 3.8) is 0 Å². The number of anilines is 1. The smallest absolute Gasteiger partial charge is 0.180 e. The zero-order valence-corrected chi connectivity index (χ0v) is 12.1. The van der Waals surface area contributed by atoms with Gasteiger partial charge in [0.25, 0.3) is 0 Å². The Morgan fingerprint density at radius 1 is 1.32 bits per heavy atom. The molecule has 1 fully saturated rings. The molecule has 1 aliphatic carbocycles. The van der Waals surface area contributed by atoms with Crippen molar-refractivity contribution in [2.45, 2.75) is 37.1 Å². The molecular weight excluding hydrogens is 262 g/mol. The lowest BCUT2D eigenvalue weighted by Gasteiger charge is -2.39. The summed E-state index contributed by atoms with van der Waals surface area (Å²) in [4.78, 5) is 2.43. The molecule has 19 heavy (non-hydrogen) atoms. The molecule has 0 aliphatic heterocycles. The average molecular weight is 283 g/mol. The van der Waals surface area contributed by atoms with Crippen LogP contribution in [0.2, 0.25) is 0 Å². The van der Waals surface area contributed by atoms with Crippen LogP contribution in [0.3, 0.4) is 0 Å². The van der Waals surface area contributed by atoms with Gasteiger partial charge in [-0.1, -0.05) is 19.1 Å². The second-order valence-corrected chi connectivity index (χ2v) is 7.12. The van der Waals surface area contributed by atoms with Crippen molar-refractivity contribution in [1.29, 1.82) is 0 Å². The Morgan fingerprint density at radius 2 is 2.00 bits per heavy atom. The minimum atomic E-state index is -3.23. The van der Waals surface area contributed by atoms with Crippen LogP contribution in [0.4, 0.5) is 5.69 Å². The fraction of sp³-hybridized carbons (Fsp3) is 0.571. The summed E-state index contributed by atoms with van der Waals surface area (Å²) in [5.74, 6) is 0.0989. The van der Waals surface area contributed by atoms with E-state index in [0.29, 0.717) is 17.5 Å². The number of benzene rings is 1. The van der Waals surface area contributed by atoms with E-state index in [-0.39, 0.29) is 12.4 Å². The summed E-state index contributed by atoms with van der Waals surface area (Å²) in [5, 5.41) is 9.23. The molecule has 0 bridgehead atoms. The summed E-state index contributed by atoms with van der Waals surface area (Å²) in [6.45, 7) is 2.18. The highest BCUT2D eigenvalue weighted by atomic mass is 32.2. The topological polar surface area (TPSA) is 57.6 Å². The van der Waals surface area contributed by atoms with Crippen LogP contribution in [0, 0.1) is 0 Å². The van der Waals surface area contributed by atoms with E-state index in [1.54, 1.807) is 19.1 Å². The van der Waals surface area contributed by atoms with Gasteiger partial charge >= 0.3 is 0 Å². The van der Waals surface area contributed by atoms with Gasteiger partial charge in [-0.3, -0.25) is 0 Å². The molecular formula is C14H21NO3S. The van der Waals surface area contributed by atoms with Gasteiger partial charge in [0.15, 0.2) is 9.84 Å². The van der Waals surface area contributed by atoms with E-state index < -0.39 is 9.84 Å². The third-order valence-corrected chi connectivity index (χ3v) is 5.52. The maximum atomic E-state index is 12.2. The molecule has 2 rings (SSSR count). The molecule has 0 aromatic heterocycles. The van der Waals surface area contributed by atoms with E-state index in [2.05, 4.69) is 0 Å². The van der Waals surface area contributed by atoms with E-state index in [1.165, 1.54) is 6.42 Å². The molecule has 0 spiro atoms. The Hall–Kier alpha value is -1.07. The van der Waals surface area contributed by atoms with Crippen LogP contribution in [0.5, 0.6) is 0 Å². The Labute approximate surface area is 115 Å². The zero-order chi connectivity index (χ0) is 13.9. The van der Waals surface area contributed by atoms with E-state index in [0.717, 1.165) is 18.5 Å². The normalized spacial score (nSPS) is 16.1. The number of hydrogen-bond acceptors (Lipinski definition) is 4. The molecule has 0 amide bonds. The van der Waals surface area contributed by atoms with Crippen molar-refractivity contribution in [3.05, 3.63) is 24.3 Å². The average Bonchev–Trinajstić information content (AvgIpc) is 2.36. The largest absolute Gasteiger partial charge is 0.395 e. The third-order valence-electron chi connectivity index (χ3n) is 3.75. The van der Waals surface area contributed by atoms with E-state index in [4.69, 9.17) is 0 Å². The van der Waals surface area contributed by atoms with Gasteiger partial charge in [-0.15, -0.1) is 0 Å². The maximum Gasteiger partial charge on any atom is 0.180 e. The quantitative estimate of drug-likeness (QED) is 0.865. The third kappa shape index (κ3) is 2.92. The minimum Gasteiger partial charge on any atom is -0.395 e. The van der Waals surface area contributed by atoms with Gasteiger partial charge in [-0.05, 0) is 31.4 Å². The fourth-order valence-electron chi connectivity index (χ4n) is 2.42. The molecule has 4 nitrogen and oxygen atoms in total. The summed E-state index contributed by atoms with van der Waals surface area (Å²) in [6, 6.07) is 7.48. The van der Waals surface area contributed by atoms with Gasteiger partial charge in [0.1, 0.15) is 0 Å². The SMILES string of the molecule is CCS(=O)(=O)c1ccccc1N(CCO)C1CCC1. The van der Waals surface area contributed by atoms with Gasteiger partial charge < -0.3 is 10.0 Å². The molecule has 1 aromatic rings. The van der Waals surface area contributed by atoms with Crippen molar-refractivity contribution >= 4 is 15.5 Å². The van der Waals surface area contributed by atoms with E-state index >= 15 is 0 Å². The van der Waals surface area contributed by atoms with E-state index in [9.17, 15) is 13.5 Å². The lowest BCUT2D eigenvalue weighted by Crippen LogP contribution is -2.42. The van der Waals surface area contributed by atoms with Crippen LogP contribution in [0.25, 0.3) is 0 Å². The maximum absolute atomic E-state index is 12.2. The Balaban J connectivity index is 2.41. The Kier molecular flexibility index (Phi) is 4.47. The number of sulfone groups is 1. The zero-order valence-electron chi connectivity index (χ0n) is 11.2. The van der Waals surface area contributed by atoms with Crippen LogP contribution < -0.4 is 4.90 Å². The van der Waals surface area contributed by atoms with Gasteiger partial charge in [-0.2, -0.15) is 0 Å². The van der Waals surface area contributed by atoms with Gasteiger partial charge in [0.05, 0.1) is 22.9 Å². The highest BCUT2D eigenvalue weighted by Gasteiger charge is 2.28. The van der Waals surface area contributed by atoms with Crippen LogP contribution in [0.1, 0.15) is 26.2 Å². The van der Waals surface area contributed by atoms with Gasteiger partial charge in [0.2, 0.25) is 0 Å². The summed E-state index contributed by atoms with van der Waals surface area (Å²) in [7, 11) is -3.23. The fourth-order valence-corrected chi connectivity index (χ4v) is 3.52. The Morgan fingerprint density at radius 3 is 2.53 bits per heavy atom. The van der Waals surface area contributed by atoms with Crippen molar-refractivity contribution in [1.82, 2.24) is 0 Å². The molecule has 106 valence electrons. The molecule has 1 N–H and O–H groups in total. The minimum absolute atomic E-state index is 0.0387. The van der Waals surface area contributed by atoms with Gasteiger partial charge in [-0.25, -0.2) is 8.42 Å². The lowest BCUT2D eigenvalue weighted by atomic mass is 9.91. The highest BCUT2D eigenvalue weighted by Crippen LogP contribution is 2.33. The number of nitrogens with zero attached hydrogens (tertiary/aromatic N) is 1. The first-order valence-electron chi connectivity index (χ1n) is 6.79. The summed E-state index contributed by atoms with van der Waals surface area (Å²) < 4.78 is 24.3. The number of aliphatic hydroxyl groups excluding tert-OH is 1. The van der Waals surface area contributed by atoms with Crippen molar-refractivity contribution < 1.29 is 13.5 Å². The number of rotatable bonds is 6. The summed E-state index contributed by atoms with van der Waals surface area (Å²) in [6.07, 6.45) is 3.32. The highest BCUT2D eigenvalue weighted by molar-refractivity contribution is 7.91. The van der Waals surface area contributed by atoms with Crippen molar-refractivity contribution in [2.75, 3.05) is 23.8 Å². The molecule has 5 heteroatoms. The van der Waals surface area contributed by atoms with Crippen LogP contribution in [-0.4, -0.2) is 38.5 Å². The number of hydrogen-bond donors (Lipinski definition) is 1. The van der Waals surface area contributed by atoms with Crippen LogP contribution in [0.15, 0.2) is 29.2 Å². The molecule has 0 saturated heterocycles. The second kappa shape index (κ2) is 5.92. The molecule has 1 saturated carbocycles. The van der Waals surface area contributed by atoms with Crippen molar-refractivity contribution in [3.8, 4) is 0 Å². The summed E-state index contributed by atoms with van der Waals surface area (Å²) >= 11 is 0. The molecule has 1 aromatic carbocycles. The van der Waals surface area contributed by atoms with E-state index in [1.807, 2.05) is 17.0 Å². The molecule has 0 unspecified atom stereocenters. The standard InChI is InChI=1S/C14H21NO3S/c1-2-19(17,18)14-9-4-3-8-13(14)15(10-11-16)12-6-5-7-12/h3-4,8-9,12,16H,2,5-7,10-11H2,1H3. The molecule has 1 aliphatic rings. The first-order valence-corrected chi connectivity index (χ1v) is 8.44. The predicted octanol–water partition coefficient (Wildman–Crippen LogP) is 1.83. The predicted molar refractivity (Wildman–Crippen MR) is 76.2 cm³/mol. The lowest BCUT2D eigenvalue weighted by molar-refractivity contribution is 0.283. The summed E-state index contributed by atoms with van der Waals surface area (Å²) in [5.41, 5.74) is 0.739.